The van der Waals surface area contributed by atoms with E-state index >= 15 is 0 Å². The molecule has 8 heteroatoms. The van der Waals surface area contributed by atoms with Crippen LogP contribution >= 0.6 is 0 Å². The number of primary amides is 1. The molecule has 0 aromatic carbocycles. The number of rotatable bonds is 1. The molecule has 3 N–H and O–H groups in total. The van der Waals surface area contributed by atoms with Crippen molar-refractivity contribution in [2.75, 3.05) is 0 Å². The van der Waals surface area contributed by atoms with Crippen molar-refractivity contribution >= 4 is 12.2 Å². The maximum absolute atomic E-state index is 11.5. The number of carbonyl (C=O) groups is 1. The van der Waals surface area contributed by atoms with Crippen molar-refractivity contribution in [1.82, 2.24) is 9.13 Å². The molecule has 1 aromatic rings. The molecule has 0 bridgehead atoms. The molecule has 0 unspecified atom stereocenters. The predicted octanol–water partition coefficient (Wildman–Crippen LogP) is -1.71. The Bertz CT molecular complexity index is 581. The first kappa shape index (κ1) is 11.7. The lowest BCUT2D eigenvalue weighted by Crippen LogP contribution is -2.38. The highest BCUT2D eigenvalue weighted by Gasteiger charge is 2.12. The Morgan fingerprint density at radius 2 is 1.94 bits per heavy atom. The molecule has 2 amide bonds. The Morgan fingerprint density at radius 1 is 1.38 bits per heavy atom. The number of aromatic nitrogens is 2. The van der Waals surface area contributed by atoms with Gasteiger partial charge in [-0.3, -0.25) is 13.9 Å². The molecule has 1 aromatic heterocycles. The molecule has 0 saturated carbocycles. The van der Waals surface area contributed by atoms with Crippen LogP contribution in [-0.2, 0) is 14.1 Å². The number of nitrogens with zero attached hydrogens (tertiary/aromatic N) is 3. The molecule has 0 fully saturated rings. The molecule has 0 spiro atoms. The fourth-order valence-corrected chi connectivity index (χ4v) is 1.10. The summed E-state index contributed by atoms with van der Waals surface area (Å²) in [7, 11) is 2.52. The zero-order chi connectivity index (χ0) is 12.5. The van der Waals surface area contributed by atoms with Crippen molar-refractivity contribution in [3.05, 3.63) is 26.4 Å². The second kappa shape index (κ2) is 4.01. The minimum atomic E-state index is -1.00. The van der Waals surface area contributed by atoms with Gasteiger partial charge in [-0.15, -0.1) is 0 Å². The normalized spacial score (nSPS) is 10.9. The molecule has 0 aliphatic heterocycles. The van der Waals surface area contributed by atoms with Crippen LogP contribution in [0.2, 0.25) is 0 Å². The van der Waals surface area contributed by atoms with Crippen LogP contribution in [0.5, 0.6) is 5.88 Å². The van der Waals surface area contributed by atoms with Gasteiger partial charge < -0.3 is 10.8 Å². The van der Waals surface area contributed by atoms with Crippen LogP contribution in [0.15, 0.2) is 14.6 Å². The molecular weight excluding hydrogens is 216 g/mol. The summed E-state index contributed by atoms with van der Waals surface area (Å²) in [6.45, 7) is 0. The third kappa shape index (κ3) is 1.85. The van der Waals surface area contributed by atoms with Gasteiger partial charge in [-0.1, -0.05) is 0 Å². The summed E-state index contributed by atoms with van der Waals surface area (Å²) in [6, 6.07) is -1.00. The molecule has 0 atom stereocenters. The quantitative estimate of drug-likeness (QED) is 0.554. The number of urea groups is 1. The van der Waals surface area contributed by atoms with Gasteiger partial charge in [0.1, 0.15) is 5.56 Å². The van der Waals surface area contributed by atoms with Gasteiger partial charge in [-0.2, -0.15) is 0 Å². The Balaban J connectivity index is 3.59. The zero-order valence-corrected chi connectivity index (χ0v) is 8.67. The number of carbonyl (C=O) groups excluding carboxylic acids is 1. The number of hydrogen-bond acceptors (Lipinski definition) is 4. The van der Waals surface area contributed by atoms with Crippen LogP contribution in [0.4, 0.5) is 4.79 Å². The smallest absolute Gasteiger partial charge is 0.338 e. The largest absolute Gasteiger partial charge is 0.494 e. The molecule has 0 saturated heterocycles. The fraction of sp³-hybridized carbons (Fsp3) is 0.250. The van der Waals surface area contributed by atoms with Crippen molar-refractivity contribution in [2.45, 2.75) is 0 Å². The average molecular weight is 226 g/mol. The van der Waals surface area contributed by atoms with Gasteiger partial charge in [0.05, 0.1) is 6.21 Å². The van der Waals surface area contributed by atoms with E-state index in [0.717, 1.165) is 15.3 Å². The number of aromatic hydroxyl groups is 1. The van der Waals surface area contributed by atoms with Crippen LogP contribution in [0.1, 0.15) is 5.56 Å². The lowest BCUT2D eigenvalue weighted by atomic mass is 10.3. The van der Waals surface area contributed by atoms with Gasteiger partial charge in [0.25, 0.3) is 5.56 Å². The van der Waals surface area contributed by atoms with Crippen molar-refractivity contribution in [2.24, 2.45) is 24.8 Å². The van der Waals surface area contributed by atoms with Crippen molar-refractivity contribution in [1.29, 1.82) is 0 Å². The van der Waals surface area contributed by atoms with Crippen molar-refractivity contribution < 1.29 is 9.90 Å². The summed E-state index contributed by atoms with van der Waals surface area (Å²) in [5.41, 5.74) is 3.04. The van der Waals surface area contributed by atoms with Crippen LogP contribution < -0.4 is 17.0 Å². The lowest BCUT2D eigenvalue weighted by Gasteiger charge is -2.06. The molecule has 16 heavy (non-hydrogen) atoms. The zero-order valence-electron chi connectivity index (χ0n) is 8.67. The van der Waals surface area contributed by atoms with E-state index in [-0.39, 0.29) is 5.56 Å². The summed E-state index contributed by atoms with van der Waals surface area (Å²) in [4.78, 5) is 36.4. The molecule has 0 aliphatic carbocycles. The Kier molecular flexibility index (Phi) is 2.93. The topological polar surface area (TPSA) is 120 Å². The maximum atomic E-state index is 11.5. The molecule has 8 nitrogen and oxygen atoms in total. The molecule has 0 aliphatic rings. The number of aliphatic imine (C=N–C) groups is 1. The van der Waals surface area contributed by atoms with E-state index in [1.807, 2.05) is 0 Å². The summed E-state index contributed by atoms with van der Waals surface area (Å²) in [6.07, 6.45) is 0.819. The summed E-state index contributed by atoms with van der Waals surface area (Å²) < 4.78 is 1.63. The van der Waals surface area contributed by atoms with Crippen LogP contribution in [0, 0.1) is 0 Å². The highest BCUT2D eigenvalue weighted by atomic mass is 16.3. The number of amides is 2. The standard InChI is InChI=1S/C8H10N4O4/c1-11-5(13)4(3-10-7(9)15)6(14)12(2)8(11)16/h3,13H,1-2H3,(H2,9,15)/b10-3+. The van der Waals surface area contributed by atoms with E-state index in [1.165, 1.54) is 14.1 Å². The first-order valence-electron chi connectivity index (χ1n) is 4.18. The summed E-state index contributed by atoms with van der Waals surface area (Å²) >= 11 is 0. The van der Waals surface area contributed by atoms with Gasteiger partial charge in [0.15, 0.2) is 0 Å². The SMILES string of the molecule is Cn1c(O)c(/C=N/C(N)=O)c(=O)n(C)c1=O. The third-order valence-electron chi connectivity index (χ3n) is 1.99. The Hall–Kier alpha value is -2.38. The van der Waals surface area contributed by atoms with E-state index in [9.17, 15) is 19.5 Å². The maximum Gasteiger partial charge on any atom is 0.338 e. The van der Waals surface area contributed by atoms with Crippen LogP contribution in [0.3, 0.4) is 0 Å². The van der Waals surface area contributed by atoms with E-state index in [0.29, 0.717) is 0 Å². The van der Waals surface area contributed by atoms with Crippen molar-refractivity contribution in [3.8, 4) is 5.88 Å². The Labute approximate surface area is 89.3 Å². The Morgan fingerprint density at radius 3 is 2.44 bits per heavy atom. The van der Waals surface area contributed by atoms with Gasteiger partial charge in [-0.25, -0.2) is 14.6 Å². The lowest BCUT2D eigenvalue weighted by molar-refractivity contribution is 0.257. The molecule has 0 radical (unpaired) electrons. The summed E-state index contributed by atoms with van der Waals surface area (Å²) in [5.74, 6) is -0.571. The predicted molar refractivity (Wildman–Crippen MR) is 55.8 cm³/mol. The highest BCUT2D eigenvalue weighted by molar-refractivity contribution is 5.91. The van der Waals surface area contributed by atoms with E-state index in [2.05, 4.69) is 4.99 Å². The highest BCUT2D eigenvalue weighted by Crippen LogP contribution is 2.05. The van der Waals surface area contributed by atoms with Gasteiger partial charge in [0.2, 0.25) is 5.88 Å². The van der Waals surface area contributed by atoms with E-state index < -0.39 is 23.2 Å². The first-order chi connectivity index (χ1) is 7.36. The second-order valence-electron chi connectivity index (χ2n) is 3.04. The fourth-order valence-electron chi connectivity index (χ4n) is 1.10. The van der Waals surface area contributed by atoms with Crippen molar-refractivity contribution in [3.63, 3.8) is 0 Å². The molecule has 1 rings (SSSR count). The second-order valence-corrected chi connectivity index (χ2v) is 3.04. The van der Waals surface area contributed by atoms with E-state index in [1.54, 1.807) is 0 Å². The van der Waals surface area contributed by atoms with Gasteiger partial charge >= 0.3 is 11.7 Å². The third-order valence-corrected chi connectivity index (χ3v) is 1.99. The molecule has 86 valence electrons. The van der Waals surface area contributed by atoms with Crippen LogP contribution in [0.25, 0.3) is 0 Å². The molecule has 1 heterocycles. The summed E-state index contributed by atoms with van der Waals surface area (Å²) in [5, 5.41) is 9.50. The first-order valence-corrected chi connectivity index (χ1v) is 4.18. The van der Waals surface area contributed by atoms with Gasteiger partial charge in [0, 0.05) is 14.1 Å². The van der Waals surface area contributed by atoms with Gasteiger partial charge in [-0.05, 0) is 0 Å². The van der Waals surface area contributed by atoms with Crippen LogP contribution in [-0.4, -0.2) is 26.5 Å². The van der Waals surface area contributed by atoms with E-state index in [4.69, 9.17) is 5.73 Å². The monoisotopic (exact) mass is 226 g/mol. The number of nitrogens with two attached hydrogens (primary N) is 1. The average Bonchev–Trinajstić information content (AvgIpc) is 2.23. The number of hydrogen-bond donors (Lipinski definition) is 2. The minimum absolute atomic E-state index is 0.275. The minimum Gasteiger partial charge on any atom is -0.494 e. The molecular formula is C8H10N4O4.